The van der Waals surface area contributed by atoms with Crippen LogP contribution >= 0.6 is 0 Å². The molecule has 0 saturated heterocycles. The van der Waals surface area contributed by atoms with Gasteiger partial charge < -0.3 is 14.8 Å². The number of ether oxygens (including phenoxy) is 2. The lowest BCUT2D eigenvalue weighted by Gasteiger charge is -2.32. The van der Waals surface area contributed by atoms with E-state index in [1.165, 1.54) is 6.33 Å². The second-order valence-electron chi connectivity index (χ2n) is 9.13. The normalized spacial score (nSPS) is 16.3. The second-order valence-corrected chi connectivity index (χ2v) is 9.13. The summed E-state index contributed by atoms with van der Waals surface area (Å²) in [4.78, 5) is 24.1. The minimum Gasteiger partial charge on any atom is -0.497 e. The van der Waals surface area contributed by atoms with Crippen molar-refractivity contribution in [2.24, 2.45) is 0 Å². The molecule has 7 nitrogen and oxygen atoms in total. The molecule has 7 heteroatoms. The van der Waals surface area contributed by atoms with Crippen molar-refractivity contribution >= 4 is 5.91 Å². The molecule has 0 aliphatic carbocycles. The number of aromatic nitrogens is 2. The first kappa shape index (κ1) is 22.7. The molecule has 0 radical (unpaired) electrons. The fourth-order valence-corrected chi connectivity index (χ4v) is 4.09. The molecule has 1 aromatic heterocycles. The number of benzene rings is 2. The molecule has 33 heavy (non-hydrogen) atoms. The molecule has 172 valence electrons. The number of carbonyl (C=O) groups excluding carboxylic acids is 1. The fourth-order valence-electron chi connectivity index (χ4n) is 4.09. The van der Waals surface area contributed by atoms with Crippen molar-refractivity contribution in [2.75, 3.05) is 20.3 Å². The van der Waals surface area contributed by atoms with E-state index in [1.54, 1.807) is 13.3 Å². The monoisotopic (exact) mass is 446 g/mol. The minimum atomic E-state index is -0.568. The molecule has 0 bridgehead atoms. The van der Waals surface area contributed by atoms with E-state index in [1.807, 2.05) is 51.1 Å². The Labute approximate surface area is 194 Å². The van der Waals surface area contributed by atoms with E-state index in [0.717, 1.165) is 22.4 Å². The highest BCUT2D eigenvalue weighted by atomic mass is 16.5. The number of hydrogen-bond donors (Lipinski definition) is 1. The van der Waals surface area contributed by atoms with E-state index in [4.69, 9.17) is 9.47 Å². The highest BCUT2D eigenvalue weighted by Gasteiger charge is 2.35. The quantitative estimate of drug-likeness (QED) is 0.638. The zero-order valence-electron chi connectivity index (χ0n) is 19.5. The molecule has 2 aromatic carbocycles. The molecule has 2 heterocycles. The maximum absolute atomic E-state index is 13.5. The summed E-state index contributed by atoms with van der Waals surface area (Å²) < 4.78 is 11.3. The average molecular weight is 447 g/mol. The molecule has 0 spiro atoms. The average Bonchev–Trinajstić information content (AvgIpc) is 2.97. The number of amides is 1. The van der Waals surface area contributed by atoms with Gasteiger partial charge in [-0.05, 0) is 49.6 Å². The molecule has 1 N–H and O–H groups in total. The molecule has 0 fully saturated rings. The zero-order valence-corrected chi connectivity index (χ0v) is 19.5. The van der Waals surface area contributed by atoms with Crippen molar-refractivity contribution < 1.29 is 14.3 Å². The lowest BCUT2D eigenvalue weighted by molar-refractivity contribution is -0.128. The van der Waals surface area contributed by atoms with E-state index in [9.17, 15) is 4.79 Å². The smallest absolute Gasteiger partial charge is 0.242 e. The third kappa shape index (κ3) is 5.31. The molecule has 1 atom stereocenters. The Kier molecular flexibility index (Phi) is 6.60. The van der Waals surface area contributed by atoms with Crippen LogP contribution in [0.25, 0.3) is 11.1 Å². The van der Waals surface area contributed by atoms with Crippen molar-refractivity contribution in [1.82, 2.24) is 20.2 Å². The second kappa shape index (κ2) is 9.58. The Balaban J connectivity index is 1.72. The van der Waals surface area contributed by atoms with Crippen molar-refractivity contribution in [3.05, 3.63) is 72.2 Å². The molecule has 3 aromatic rings. The van der Waals surface area contributed by atoms with Crippen molar-refractivity contribution in [3.8, 4) is 22.8 Å². The molecular weight excluding hydrogens is 416 g/mol. The predicted octanol–water partition coefficient (Wildman–Crippen LogP) is 4.00. The maximum atomic E-state index is 13.5. The van der Waals surface area contributed by atoms with Gasteiger partial charge in [0.05, 0.1) is 12.7 Å². The van der Waals surface area contributed by atoms with Crippen LogP contribution in [-0.4, -0.2) is 46.6 Å². The van der Waals surface area contributed by atoms with Gasteiger partial charge in [-0.1, -0.05) is 36.4 Å². The number of fused-ring (bicyclic) bond motifs is 1. The number of carbonyl (C=O) groups is 1. The Morgan fingerprint density at radius 1 is 1.21 bits per heavy atom. The molecule has 1 amide bonds. The van der Waals surface area contributed by atoms with Gasteiger partial charge in [-0.3, -0.25) is 9.69 Å². The van der Waals surface area contributed by atoms with Gasteiger partial charge in [0.15, 0.2) is 0 Å². The third-order valence-corrected chi connectivity index (χ3v) is 5.50. The van der Waals surface area contributed by atoms with Crippen LogP contribution in [0.4, 0.5) is 0 Å². The first-order valence-electron chi connectivity index (χ1n) is 11.1. The largest absolute Gasteiger partial charge is 0.497 e. The standard InChI is InChI=1S/C26H30N4O3/c1-26(2,3)29-24(31)23-22-15-27-17-28-25(22)33-13-12-30(23)16-19-8-5-6-11-21(19)18-9-7-10-20(14-18)32-4/h5-11,14-15,17,23H,12-13,16H2,1-4H3,(H,29,31). The van der Waals surface area contributed by atoms with Gasteiger partial charge in [0.2, 0.25) is 11.8 Å². The van der Waals surface area contributed by atoms with Gasteiger partial charge >= 0.3 is 0 Å². The van der Waals surface area contributed by atoms with Gasteiger partial charge in [0.1, 0.15) is 24.7 Å². The first-order chi connectivity index (χ1) is 15.9. The Morgan fingerprint density at radius 3 is 2.82 bits per heavy atom. The van der Waals surface area contributed by atoms with Crippen molar-refractivity contribution in [3.63, 3.8) is 0 Å². The minimum absolute atomic E-state index is 0.0945. The number of hydrogen-bond acceptors (Lipinski definition) is 6. The van der Waals surface area contributed by atoms with Gasteiger partial charge in [-0.2, -0.15) is 0 Å². The van der Waals surface area contributed by atoms with Crippen LogP contribution in [0.3, 0.4) is 0 Å². The van der Waals surface area contributed by atoms with Crippen molar-refractivity contribution in [1.29, 1.82) is 0 Å². The Bertz CT molecular complexity index is 1130. The predicted molar refractivity (Wildman–Crippen MR) is 127 cm³/mol. The van der Waals surface area contributed by atoms with Crippen LogP contribution in [0.5, 0.6) is 11.6 Å². The van der Waals surface area contributed by atoms with E-state index in [2.05, 4.69) is 38.4 Å². The number of methoxy groups -OCH3 is 1. The van der Waals surface area contributed by atoms with Crippen LogP contribution in [-0.2, 0) is 11.3 Å². The molecule has 1 unspecified atom stereocenters. The van der Waals surface area contributed by atoms with Crippen LogP contribution in [0.1, 0.15) is 37.9 Å². The Hall–Kier alpha value is -3.45. The summed E-state index contributed by atoms with van der Waals surface area (Å²) in [6, 6.07) is 15.7. The highest BCUT2D eigenvalue weighted by Crippen LogP contribution is 2.34. The van der Waals surface area contributed by atoms with Crippen LogP contribution < -0.4 is 14.8 Å². The molecule has 1 aliphatic heterocycles. The summed E-state index contributed by atoms with van der Waals surface area (Å²) in [5.41, 5.74) is 3.58. The number of rotatable bonds is 5. The third-order valence-electron chi connectivity index (χ3n) is 5.50. The number of nitrogens with zero attached hydrogens (tertiary/aromatic N) is 3. The highest BCUT2D eigenvalue weighted by molar-refractivity contribution is 5.84. The first-order valence-corrected chi connectivity index (χ1v) is 11.1. The van der Waals surface area contributed by atoms with Gasteiger partial charge in [0, 0.05) is 24.8 Å². The van der Waals surface area contributed by atoms with Crippen LogP contribution in [0.2, 0.25) is 0 Å². The van der Waals surface area contributed by atoms with Gasteiger partial charge in [0.25, 0.3) is 0 Å². The molecule has 4 rings (SSSR count). The van der Waals surface area contributed by atoms with E-state index in [0.29, 0.717) is 31.1 Å². The van der Waals surface area contributed by atoms with Gasteiger partial charge in [-0.25, -0.2) is 9.97 Å². The van der Waals surface area contributed by atoms with E-state index in [-0.39, 0.29) is 11.4 Å². The fraction of sp³-hybridized carbons (Fsp3) is 0.346. The molecular formula is C26H30N4O3. The zero-order chi connectivity index (χ0) is 23.4. The summed E-state index contributed by atoms with van der Waals surface area (Å²) in [6.07, 6.45) is 3.13. The summed E-state index contributed by atoms with van der Waals surface area (Å²) in [5, 5.41) is 3.13. The van der Waals surface area contributed by atoms with Crippen LogP contribution in [0, 0.1) is 0 Å². The van der Waals surface area contributed by atoms with Crippen molar-refractivity contribution in [2.45, 2.75) is 38.9 Å². The molecule has 1 aliphatic rings. The van der Waals surface area contributed by atoms with Crippen LogP contribution in [0.15, 0.2) is 61.1 Å². The summed E-state index contributed by atoms with van der Waals surface area (Å²) >= 11 is 0. The summed E-state index contributed by atoms with van der Waals surface area (Å²) in [6.45, 7) is 7.50. The SMILES string of the molecule is COc1cccc(-c2ccccc2CN2CCOc3ncncc3C2C(=O)NC(C)(C)C)c1. The van der Waals surface area contributed by atoms with Gasteiger partial charge in [-0.15, -0.1) is 0 Å². The molecule has 0 saturated carbocycles. The summed E-state index contributed by atoms with van der Waals surface area (Å²) in [7, 11) is 1.67. The summed E-state index contributed by atoms with van der Waals surface area (Å²) in [5.74, 6) is 1.17. The Morgan fingerprint density at radius 2 is 2.03 bits per heavy atom. The lowest BCUT2D eigenvalue weighted by Crippen LogP contribution is -2.47. The van der Waals surface area contributed by atoms with E-state index < -0.39 is 6.04 Å². The maximum Gasteiger partial charge on any atom is 0.242 e. The van der Waals surface area contributed by atoms with E-state index >= 15 is 0 Å². The lowest BCUT2D eigenvalue weighted by atomic mass is 9.97. The topological polar surface area (TPSA) is 76.6 Å². The number of nitrogens with one attached hydrogen (secondary N) is 1.